The van der Waals surface area contributed by atoms with Crippen molar-refractivity contribution in [3.05, 3.63) is 35.0 Å². The summed E-state index contributed by atoms with van der Waals surface area (Å²) in [5, 5.41) is 6.23. The molecule has 128 valence electrons. The lowest BCUT2D eigenvalue weighted by Gasteiger charge is -2.01. The third-order valence-electron chi connectivity index (χ3n) is 3.86. The van der Waals surface area contributed by atoms with Crippen molar-refractivity contribution in [2.75, 3.05) is 12.4 Å². The first-order chi connectivity index (χ1) is 12.1. The predicted molar refractivity (Wildman–Crippen MR) is 95.8 cm³/mol. The van der Waals surface area contributed by atoms with Crippen molar-refractivity contribution in [3.8, 4) is 0 Å². The van der Waals surface area contributed by atoms with Gasteiger partial charge in [0.1, 0.15) is 32.9 Å². The van der Waals surface area contributed by atoms with Crippen molar-refractivity contribution >= 4 is 44.4 Å². The van der Waals surface area contributed by atoms with Crippen molar-refractivity contribution in [1.29, 1.82) is 0 Å². The molecule has 4 rings (SSSR count). The molecule has 0 spiro atoms. The average molecular weight is 356 g/mol. The number of nitrogens with one attached hydrogen (secondary N) is 2. The number of carbonyl (C=O) groups excluding carboxylic acids is 1. The molecule has 8 nitrogen and oxygen atoms in total. The molecule has 0 unspecified atom stereocenters. The molecule has 0 aliphatic heterocycles. The SMILES string of the molecule is CNc1nc2sc(C(=O)NCc3ccc(C)o3)nc2c2c1ncn2C. The molecule has 0 aromatic carbocycles. The van der Waals surface area contributed by atoms with Gasteiger partial charge in [0.15, 0.2) is 10.8 Å². The van der Waals surface area contributed by atoms with Crippen LogP contribution in [0.1, 0.15) is 21.3 Å². The van der Waals surface area contributed by atoms with Crippen LogP contribution < -0.4 is 10.6 Å². The first-order valence-electron chi connectivity index (χ1n) is 7.69. The quantitative estimate of drug-likeness (QED) is 0.583. The minimum absolute atomic E-state index is 0.252. The number of anilines is 1. The third kappa shape index (κ3) is 2.62. The maximum absolute atomic E-state index is 12.4. The van der Waals surface area contributed by atoms with Crippen LogP contribution in [0.25, 0.3) is 21.4 Å². The van der Waals surface area contributed by atoms with Crippen molar-refractivity contribution in [2.45, 2.75) is 13.5 Å². The molecule has 0 aliphatic rings. The van der Waals surface area contributed by atoms with Gasteiger partial charge in [-0.2, -0.15) is 0 Å². The molecule has 0 saturated carbocycles. The lowest BCUT2D eigenvalue weighted by molar-refractivity contribution is 0.0947. The molecular weight excluding hydrogens is 340 g/mol. The second-order valence-corrected chi connectivity index (χ2v) is 6.61. The van der Waals surface area contributed by atoms with E-state index in [1.165, 1.54) is 11.3 Å². The van der Waals surface area contributed by atoms with Crippen LogP contribution in [0.2, 0.25) is 0 Å². The van der Waals surface area contributed by atoms with E-state index in [0.717, 1.165) is 16.8 Å². The molecule has 2 N–H and O–H groups in total. The largest absolute Gasteiger partial charge is 0.465 e. The number of furan rings is 1. The summed E-state index contributed by atoms with van der Waals surface area (Å²) in [5.41, 5.74) is 2.27. The molecule has 4 aromatic heterocycles. The molecule has 0 atom stereocenters. The number of fused-ring (bicyclic) bond motifs is 3. The summed E-state index contributed by atoms with van der Waals surface area (Å²) in [7, 11) is 3.69. The second-order valence-electron chi connectivity index (χ2n) is 5.63. The summed E-state index contributed by atoms with van der Waals surface area (Å²) < 4.78 is 7.34. The molecule has 25 heavy (non-hydrogen) atoms. The van der Waals surface area contributed by atoms with Crippen LogP contribution >= 0.6 is 11.3 Å². The number of aryl methyl sites for hydroxylation is 2. The highest BCUT2D eigenvalue weighted by atomic mass is 32.1. The molecule has 4 aromatic rings. The lowest BCUT2D eigenvalue weighted by Crippen LogP contribution is -2.22. The Balaban J connectivity index is 1.69. The molecule has 9 heteroatoms. The Morgan fingerprint density at radius 1 is 1.32 bits per heavy atom. The summed E-state index contributed by atoms with van der Waals surface area (Å²) in [5.74, 6) is 1.94. The standard InChI is InChI=1S/C16H16N6O2S/c1-8-4-5-9(24-8)6-18-14(23)16-20-11-12-10(19-7-22(12)3)13(17-2)21-15(11)25-16/h4-5,7H,6H2,1-3H3,(H,17,21)(H,18,23). The molecule has 0 bridgehead atoms. The number of pyridine rings is 1. The van der Waals surface area contributed by atoms with Crippen molar-refractivity contribution < 1.29 is 9.21 Å². The van der Waals surface area contributed by atoms with Crippen molar-refractivity contribution in [3.63, 3.8) is 0 Å². The third-order valence-corrected chi connectivity index (χ3v) is 4.81. The zero-order chi connectivity index (χ0) is 17.6. The summed E-state index contributed by atoms with van der Waals surface area (Å²) >= 11 is 1.26. The monoisotopic (exact) mass is 356 g/mol. The Kier molecular flexibility index (Phi) is 3.65. The lowest BCUT2D eigenvalue weighted by atomic mass is 10.3. The number of imidazole rings is 1. The highest BCUT2D eigenvalue weighted by Crippen LogP contribution is 2.30. The summed E-state index contributed by atoms with van der Waals surface area (Å²) in [6.07, 6.45) is 1.71. The van der Waals surface area contributed by atoms with Gasteiger partial charge >= 0.3 is 0 Å². The summed E-state index contributed by atoms with van der Waals surface area (Å²) in [6, 6.07) is 3.70. The molecule has 0 fully saturated rings. The van der Waals surface area contributed by atoms with E-state index >= 15 is 0 Å². The van der Waals surface area contributed by atoms with E-state index in [-0.39, 0.29) is 5.91 Å². The van der Waals surface area contributed by atoms with Gasteiger partial charge < -0.3 is 19.6 Å². The Bertz CT molecular complexity index is 1090. The van der Waals surface area contributed by atoms with Crippen LogP contribution in [0, 0.1) is 6.92 Å². The number of rotatable bonds is 4. The molecule has 4 heterocycles. The van der Waals surface area contributed by atoms with Gasteiger partial charge in [-0.05, 0) is 19.1 Å². The van der Waals surface area contributed by atoms with E-state index in [9.17, 15) is 4.79 Å². The van der Waals surface area contributed by atoms with Gasteiger partial charge in [-0.15, -0.1) is 0 Å². The Hall–Kier alpha value is -2.94. The molecule has 0 aliphatic carbocycles. The number of hydrogen-bond donors (Lipinski definition) is 2. The van der Waals surface area contributed by atoms with Gasteiger partial charge in [0, 0.05) is 14.1 Å². The maximum Gasteiger partial charge on any atom is 0.280 e. The van der Waals surface area contributed by atoms with Gasteiger partial charge in [-0.1, -0.05) is 11.3 Å². The number of carbonyl (C=O) groups is 1. The van der Waals surface area contributed by atoms with E-state index in [0.29, 0.717) is 33.5 Å². The van der Waals surface area contributed by atoms with Crippen LogP contribution in [0.3, 0.4) is 0 Å². The number of hydrogen-bond acceptors (Lipinski definition) is 7. The van der Waals surface area contributed by atoms with Gasteiger partial charge in [-0.25, -0.2) is 15.0 Å². The zero-order valence-corrected chi connectivity index (χ0v) is 14.8. The van der Waals surface area contributed by atoms with Crippen LogP contribution in [0.4, 0.5) is 5.82 Å². The Labute approximate surface area is 146 Å². The van der Waals surface area contributed by atoms with Gasteiger partial charge in [0.2, 0.25) is 0 Å². The van der Waals surface area contributed by atoms with E-state index in [1.807, 2.05) is 30.7 Å². The van der Waals surface area contributed by atoms with E-state index in [1.54, 1.807) is 13.4 Å². The first kappa shape index (κ1) is 15.6. The second kappa shape index (κ2) is 5.85. The smallest absolute Gasteiger partial charge is 0.280 e. The van der Waals surface area contributed by atoms with Gasteiger partial charge in [0.25, 0.3) is 5.91 Å². The fraction of sp³-hybridized carbons (Fsp3) is 0.250. The van der Waals surface area contributed by atoms with E-state index in [4.69, 9.17) is 4.42 Å². The van der Waals surface area contributed by atoms with Crippen molar-refractivity contribution in [1.82, 2.24) is 24.8 Å². The summed E-state index contributed by atoms with van der Waals surface area (Å²) in [4.78, 5) is 26.5. The number of nitrogens with zero attached hydrogens (tertiary/aromatic N) is 4. The highest BCUT2D eigenvalue weighted by molar-refractivity contribution is 7.20. The average Bonchev–Trinajstić information content (AvgIpc) is 3.30. The molecule has 0 radical (unpaired) electrons. The zero-order valence-electron chi connectivity index (χ0n) is 14.0. The fourth-order valence-electron chi connectivity index (χ4n) is 2.67. The van der Waals surface area contributed by atoms with Crippen LogP contribution in [-0.2, 0) is 13.6 Å². The number of thiazole rings is 1. The van der Waals surface area contributed by atoms with E-state index < -0.39 is 0 Å². The van der Waals surface area contributed by atoms with E-state index in [2.05, 4.69) is 25.6 Å². The predicted octanol–water partition coefficient (Wildman–Crippen LogP) is 2.45. The normalized spacial score (nSPS) is 11.3. The van der Waals surface area contributed by atoms with Crippen LogP contribution in [0.15, 0.2) is 22.9 Å². The minimum Gasteiger partial charge on any atom is -0.465 e. The fourth-order valence-corrected chi connectivity index (χ4v) is 3.53. The minimum atomic E-state index is -0.252. The molecular formula is C16H16N6O2S. The van der Waals surface area contributed by atoms with Gasteiger partial charge in [0.05, 0.1) is 12.9 Å². The number of aromatic nitrogens is 4. The summed E-state index contributed by atoms with van der Waals surface area (Å²) in [6.45, 7) is 2.18. The number of amides is 1. The van der Waals surface area contributed by atoms with Crippen LogP contribution in [-0.4, -0.2) is 32.5 Å². The molecule has 1 amide bonds. The highest BCUT2D eigenvalue weighted by Gasteiger charge is 2.19. The first-order valence-corrected chi connectivity index (χ1v) is 8.51. The Morgan fingerprint density at radius 2 is 2.16 bits per heavy atom. The maximum atomic E-state index is 12.4. The van der Waals surface area contributed by atoms with Crippen molar-refractivity contribution in [2.24, 2.45) is 7.05 Å². The van der Waals surface area contributed by atoms with Crippen LogP contribution in [0.5, 0.6) is 0 Å². The topological polar surface area (TPSA) is 97.9 Å². The molecule has 0 saturated heterocycles. The van der Waals surface area contributed by atoms with Gasteiger partial charge in [-0.3, -0.25) is 4.79 Å². The Morgan fingerprint density at radius 3 is 2.88 bits per heavy atom.